The van der Waals surface area contributed by atoms with E-state index in [4.69, 9.17) is 11.6 Å². The SMILES string of the molecule is CCCC[C@H](NCc1ccc(Cl)cc1)C(=O)N[C@H]1CCC[C@H]1C(=O)O.[Na+]. The maximum atomic E-state index is 12.7. The number of amides is 1. The van der Waals surface area contributed by atoms with Crippen LogP contribution >= 0.6 is 11.6 Å². The van der Waals surface area contributed by atoms with Crippen molar-refractivity contribution in [3.05, 3.63) is 34.9 Å². The number of hydrogen-bond acceptors (Lipinski definition) is 3. The monoisotopic (exact) mass is 389 g/mol. The second-order valence-electron chi connectivity index (χ2n) is 6.69. The van der Waals surface area contributed by atoms with Gasteiger partial charge in [0.25, 0.3) is 0 Å². The number of carboxylic acids is 1. The Bertz CT molecular complexity index is 583. The molecule has 0 heterocycles. The molecule has 1 amide bonds. The van der Waals surface area contributed by atoms with Gasteiger partial charge in [0.1, 0.15) is 0 Å². The number of nitrogens with one attached hydrogen (secondary N) is 2. The number of halogens is 1. The summed E-state index contributed by atoms with van der Waals surface area (Å²) in [6.45, 7) is 2.66. The molecule has 0 unspecified atom stereocenters. The molecule has 0 aromatic heterocycles. The predicted molar refractivity (Wildman–Crippen MR) is 98.5 cm³/mol. The second-order valence-corrected chi connectivity index (χ2v) is 7.13. The summed E-state index contributed by atoms with van der Waals surface area (Å²) in [5.41, 5.74) is 1.06. The normalized spacial score (nSPS) is 20.2. The molecule has 1 fully saturated rings. The smallest absolute Gasteiger partial charge is 0.481 e. The zero-order valence-electron chi connectivity index (χ0n) is 15.6. The van der Waals surface area contributed by atoms with Crippen LogP contribution in [-0.4, -0.2) is 29.1 Å². The molecule has 0 radical (unpaired) electrons. The Kier molecular flexibility index (Phi) is 10.8. The van der Waals surface area contributed by atoms with E-state index in [1.807, 2.05) is 24.3 Å². The molecule has 5 nitrogen and oxygen atoms in total. The number of carboxylic acid groups (broad SMARTS) is 1. The molecule has 0 saturated heterocycles. The van der Waals surface area contributed by atoms with Gasteiger partial charge in [0, 0.05) is 17.6 Å². The zero-order valence-corrected chi connectivity index (χ0v) is 18.4. The molecule has 1 saturated carbocycles. The molecule has 3 N–H and O–H groups in total. The maximum absolute atomic E-state index is 12.7. The van der Waals surface area contributed by atoms with Crippen LogP contribution in [0, 0.1) is 5.92 Å². The fraction of sp³-hybridized carbons (Fsp3) is 0.579. The van der Waals surface area contributed by atoms with Gasteiger partial charge in [-0.3, -0.25) is 9.59 Å². The number of unbranched alkanes of at least 4 members (excludes halogenated alkanes) is 1. The standard InChI is InChI=1S/C19H27ClN2O3.Na/c1-2-3-6-17(21-12-13-8-10-14(20)11-9-13)18(23)22-16-7-4-5-15(16)19(24)25;/h8-11,15-17,21H,2-7,12H2,1H3,(H,22,23)(H,24,25);/q;+1/t15-,16+,17+;/m1./s1. The second kappa shape index (κ2) is 12.0. The van der Waals surface area contributed by atoms with Crippen LogP contribution in [0.15, 0.2) is 24.3 Å². The van der Waals surface area contributed by atoms with Crippen LogP contribution in [0.3, 0.4) is 0 Å². The summed E-state index contributed by atoms with van der Waals surface area (Å²) in [7, 11) is 0. The fourth-order valence-corrected chi connectivity index (χ4v) is 3.42. The summed E-state index contributed by atoms with van der Waals surface area (Å²) in [6, 6.07) is 6.95. The van der Waals surface area contributed by atoms with E-state index in [0.717, 1.165) is 37.7 Å². The molecular formula is C19H27ClN2NaO3+. The van der Waals surface area contributed by atoms with Crippen LogP contribution in [0.2, 0.25) is 5.02 Å². The third-order valence-corrected chi connectivity index (χ3v) is 5.04. The van der Waals surface area contributed by atoms with Gasteiger partial charge in [0.05, 0.1) is 12.0 Å². The third-order valence-electron chi connectivity index (χ3n) is 4.79. The first-order valence-corrected chi connectivity index (χ1v) is 9.40. The molecule has 1 aliphatic carbocycles. The van der Waals surface area contributed by atoms with E-state index in [9.17, 15) is 14.7 Å². The topological polar surface area (TPSA) is 78.4 Å². The minimum Gasteiger partial charge on any atom is -0.481 e. The van der Waals surface area contributed by atoms with E-state index in [1.165, 1.54) is 0 Å². The van der Waals surface area contributed by atoms with Crippen molar-refractivity contribution in [2.45, 2.75) is 64.1 Å². The summed E-state index contributed by atoms with van der Waals surface area (Å²) in [5, 5.41) is 16.2. The summed E-state index contributed by atoms with van der Waals surface area (Å²) in [4.78, 5) is 24.0. The quantitative estimate of drug-likeness (QED) is 0.533. The molecule has 1 aliphatic rings. The molecular weight excluding hydrogens is 363 g/mol. The fourth-order valence-electron chi connectivity index (χ4n) is 3.29. The van der Waals surface area contributed by atoms with Gasteiger partial charge in [-0.25, -0.2) is 0 Å². The van der Waals surface area contributed by atoms with Crippen LogP contribution in [-0.2, 0) is 16.1 Å². The van der Waals surface area contributed by atoms with Crippen molar-refractivity contribution in [1.29, 1.82) is 0 Å². The first-order valence-electron chi connectivity index (χ1n) is 9.02. The van der Waals surface area contributed by atoms with Crippen LogP contribution < -0.4 is 40.2 Å². The predicted octanol–water partition coefficient (Wildman–Crippen LogP) is 0.362. The molecule has 7 heteroatoms. The van der Waals surface area contributed by atoms with E-state index in [0.29, 0.717) is 18.0 Å². The number of benzene rings is 1. The Morgan fingerprint density at radius 2 is 1.96 bits per heavy atom. The van der Waals surface area contributed by atoms with Crippen molar-refractivity contribution in [2.24, 2.45) is 5.92 Å². The van der Waals surface area contributed by atoms with Gasteiger partial charge >= 0.3 is 35.5 Å². The average molecular weight is 390 g/mol. The van der Waals surface area contributed by atoms with Gasteiger partial charge in [-0.1, -0.05) is 49.9 Å². The molecule has 2 rings (SSSR count). The Morgan fingerprint density at radius 1 is 1.27 bits per heavy atom. The maximum Gasteiger partial charge on any atom is 1.00 e. The van der Waals surface area contributed by atoms with Crippen molar-refractivity contribution >= 4 is 23.5 Å². The molecule has 138 valence electrons. The van der Waals surface area contributed by atoms with Gasteiger partial charge in [0.2, 0.25) is 5.91 Å². The molecule has 26 heavy (non-hydrogen) atoms. The summed E-state index contributed by atoms with van der Waals surface area (Å²) in [6.07, 6.45) is 4.91. The number of carbonyl (C=O) groups excluding carboxylic acids is 1. The first-order chi connectivity index (χ1) is 12.0. The number of rotatable bonds is 9. The van der Waals surface area contributed by atoms with Crippen LogP contribution in [0.25, 0.3) is 0 Å². The van der Waals surface area contributed by atoms with E-state index in [1.54, 1.807) is 0 Å². The molecule has 0 spiro atoms. The minimum atomic E-state index is -0.818. The number of hydrogen-bond donors (Lipinski definition) is 3. The Hall–Kier alpha value is -0.590. The van der Waals surface area contributed by atoms with Gasteiger partial charge in [-0.05, 0) is 37.0 Å². The summed E-state index contributed by atoms with van der Waals surface area (Å²) >= 11 is 5.90. The molecule has 0 aliphatic heterocycles. The van der Waals surface area contributed by atoms with E-state index in [-0.39, 0.29) is 47.5 Å². The van der Waals surface area contributed by atoms with Gasteiger partial charge in [-0.2, -0.15) is 0 Å². The zero-order chi connectivity index (χ0) is 18.2. The van der Waals surface area contributed by atoms with Gasteiger partial charge < -0.3 is 15.7 Å². The van der Waals surface area contributed by atoms with Crippen molar-refractivity contribution < 1.29 is 44.3 Å². The van der Waals surface area contributed by atoms with Crippen molar-refractivity contribution in [1.82, 2.24) is 10.6 Å². The van der Waals surface area contributed by atoms with Crippen LogP contribution in [0.1, 0.15) is 51.0 Å². The van der Waals surface area contributed by atoms with E-state index in [2.05, 4.69) is 17.6 Å². The summed E-state index contributed by atoms with van der Waals surface area (Å²) in [5.74, 6) is -1.38. The Morgan fingerprint density at radius 3 is 2.58 bits per heavy atom. The first kappa shape index (κ1) is 23.4. The molecule has 1 aromatic carbocycles. The van der Waals surface area contributed by atoms with E-state index < -0.39 is 11.9 Å². The third kappa shape index (κ3) is 7.20. The molecule has 0 bridgehead atoms. The van der Waals surface area contributed by atoms with E-state index >= 15 is 0 Å². The Balaban J connectivity index is 0.00000338. The minimum absolute atomic E-state index is 0. The van der Waals surface area contributed by atoms with Crippen LogP contribution in [0.4, 0.5) is 0 Å². The number of aliphatic carboxylic acids is 1. The summed E-state index contributed by atoms with van der Waals surface area (Å²) < 4.78 is 0. The van der Waals surface area contributed by atoms with Gasteiger partial charge in [0.15, 0.2) is 0 Å². The van der Waals surface area contributed by atoms with Crippen molar-refractivity contribution in [3.63, 3.8) is 0 Å². The Labute approximate surface area is 182 Å². The van der Waals surface area contributed by atoms with Crippen molar-refractivity contribution in [2.75, 3.05) is 0 Å². The molecule has 3 atom stereocenters. The largest absolute Gasteiger partial charge is 1.00 e. The molecule has 1 aromatic rings. The average Bonchev–Trinajstić information content (AvgIpc) is 3.04. The number of carbonyl (C=O) groups is 2. The van der Waals surface area contributed by atoms with Crippen molar-refractivity contribution in [3.8, 4) is 0 Å². The van der Waals surface area contributed by atoms with Gasteiger partial charge in [-0.15, -0.1) is 0 Å². The van der Waals surface area contributed by atoms with Crippen LogP contribution in [0.5, 0.6) is 0 Å².